The van der Waals surface area contributed by atoms with Crippen molar-refractivity contribution in [3.8, 4) is 0 Å². The molecule has 4 nitrogen and oxygen atoms in total. The Morgan fingerprint density at radius 2 is 2.00 bits per heavy atom. The fourth-order valence-electron chi connectivity index (χ4n) is 1.05. The van der Waals surface area contributed by atoms with Gasteiger partial charge in [-0.2, -0.15) is 0 Å². The predicted octanol–water partition coefficient (Wildman–Crippen LogP) is 1.49. The van der Waals surface area contributed by atoms with Crippen molar-refractivity contribution in [2.45, 2.75) is 39.7 Å². The highest BCUT2D eigenvalue weighted by Gasteiger charge is 2.18. The molecule has 0 aromatic carbocycles. The van der Waals surface area contributed by atoms with Gasteiger partial charge in [0.2, 0.25) is 0 Å². The Balaban J connectivity index is 4.16. The quantitative estimate of drug-likeness (QED) is 0.721. The molecule has 0 aliphatic rings. The molecule has 0 bridgehead atoms. The fraction of sp³-hybridized carbons (Fsp3) is 0.800. The van der Waals surface area contributed by atoms with Gasteiger partial charge in [-0.25, -0.2) is 4.79 Å². The lowest BCUT2D eigenvalue weighted by atomic mass is 10.1. The van der Waals surface area contributed by atoms with Gasteiger partial charge >= 0.3 is 6.03 Å². The van der Waals surface area contributed by atoms with Crippen LogP contribution in [0.3, 0.4) is 0 Å². The van der Waals surface area contributed by atoms with Crippen LogP contribution in [0, 0.1) is 0 Å². The molecule has 0 heterocycles. The summed E-state index contributed by atoms with van der Waals surface area (Å²) in [5.74, 6) is 0. The molecule has 0 radical (unpaired) electrons. The number of nitrogens with zero attached hydrogens (tertiary/aromatic N) is 1. The molecule has 2 amide bonds. The Kier molecular flexibility index (Phi) is 5.57. The summed E-state index contributed by atoms with van der Waals surface area (Å²) in [7, 11) is 0. The molecule has 0 saturated heterocycles. The van der Waals surface area contributed by atoms with Crippen molar-refractivity contribution < 1.29 is 4.79 Å². The fourth-order valence-corrected chi connectivity index (χ4v) is 1.14. The Hall–Kier alpha value is -0.840. The number of hydrogen-bond donors (Lipinski definition) is 2. The summed E-state index contributed by atoms with van der Waals surface area (Å²) in [6.45, 7) is 9.02. The van der Waals surface area contributed by atoms with E-state index in [2.05, 4.69) is 5.32 Å². The van der Waals surface area contributed by atoms with Crippen LogP contribution in [0.4, 0.5) is 4.79 Å². The molecule has 0 saturated carbocycles. The number of nitrogens with two attached hydrogens (primary N) is 1. The maximum atomic E-state index is 11.7. The Morgan fingerprint density at radius 1 is 1.47 bits per heavy atom. The molecule has 3 N–H and O–H groups in total. The van der Waals surface area contributed by atoms with E-state index in [4.69, 9.17) is 18.0 Å². The third-order valence-electron chi connectivity index (χ3n) is 1.78. The van der Waals surface area contributed by atoms with Crippen LogP contribution in [0.2, 0.25) is 0 Å². The van der Waals surface area contributed by atoms with E-state index in [-0.39, 0.29) is 11.6 Å². The van der Waals surface area contributed by atoms with Crippen LogP contribution in [0.5, 0.6) is 0 Å². The molecule has 0 aromatic rings. The highest BCUT2D eigenvalue weighted by Crippen LogP contribution is 2.01. The lowest BCUT2D eigenvalue weighted by Crippen LogP contribution is -2.49. The van der Waals surface area contributed by atoms with Crippen molar-refractivity contribution in [3.05, 3.63) is 0 Å². The van der Waals surface area contributed by atoms with Gasteiger partial charge in [-0.15, -0.1) is 0 Å². The van der Waals surface area contributed by atoms with Crippen LogP contribution in [0.1, 0.15) is 34.1 Å². The molecule has 0 unspecified atom stereocenters. The number of hydrogen-bond acceptors (Lipinski definition) is 2. The van der Waals surface area contributed by atoms with Gasteiger partial charge in [0.1, 0.15) is 0 Å². The largest absolute Gasteiger partial charge is 0.393 e. The minimum atomic E-state index is -0.215. The molecule has 0 aromatic heterocycles. The van der Waals surface area contributed by atoms with Crippen molar-refractivity contribution in [1.29, 1.82) is 0 Å². The SMILES string of the molecule is CCN(CCC(N)=S)C(=O)NC(C)(C)C. The van der Waals surface area contributed by atoms with Gasteiger partial charge in [0.05, 0.1) is 4.99 Å². The van der Waals surface area contributed by atoms with Crippen molar-refractivity contribution in [2.75, 3.05) is 13.1 Å². The first-order valence-corrected chi connectivity index (χ1v) is 5.52. The summed E-state index contributed by atoms with van der Waals surface area (Å²) in [5, 5.41) is 2.90. The maximum absolute atomic E-state index is 11.7. The van der Waals surface area contributed by atoms with E-state index in [9.17, 15) is 4.79 Å². The number of thiocarbonyl (C=S) groups is 1. The van der Waals surface area contributed by atoms with E-state index in [1.54, 1.807) is 4.90 Å². The first kappa shape index (κ1) is 14.2. The van der Waals surface area contributed by atoms with Crippen molar-refractivity contribution in [1.82, 2.24) is 10.2 Å². The molecule has 0 aliphatic heterocycles. The second kappa shape index (κ2) is 5.90. The summed E-state index contributed by atoms with van der Waals surface area (Å²) >= 11 is 4.78. The summed E-state index contributed by atoms with van der Waals surface area (Å²) < 4.78 is 0. The third kappa shape index (κ3) is 7.13. The smallest absolute Gasteiger partial charge is 0.317 e. The highest BCUT2D eigenvalue weighted by atomic mass is 32.1. The molecular weight excluding hydrogens is 210 g/mol. The van der Waals surface area contributed by atoms with Crippen LogP contribution in [-0.4, -0.2) is 34.5 Å². The molecule has 88 valence electrons. The first-order chi connectivity index (χ1) is 6.76. The van der Waals surface area contributed by atoms with Crippen LogP contribution < -0.4 is 11.1 Å². The van der Waals surface area contributed by atoms with E-state index < -0.39 is 0 Å². The van der Waals surface area contributed by atoms with Gasteiger partial charge in [0.15, 0.2) is 0 Å². The topological polar surface area (TPSA) is 58.4 Å². The number of carbonyl (C=O) groups excluding carboxylic acids is 1. The number of carbonyl (C=O) groups is 1. The average Bonchev–Trinajstić information content (AvgIpc) is 2.01. The second-order valence-corrected chi connectivity index (χ2v) is 5.00. The second-order valence-electron chi connectivity index (χ2n) is 4.48. The zero-order valence-electron chi connectivity index (χ0n) is 9.96. The minimum Gasteiger partial charge on any atom is -0.393 e. The summed E-state index contributed by atoms with van der Waals surface area (Å²) in [6.07, 6.45) is 0.570. The summed E-state index contributed by atoms with van der Waals surface area (Å²) in [4.78, 5) is 13.9. The van der Waals surface area contributed by atoms with Crippen molar-refractivity contribution >= 4 is 23.2 Å². The van der Waals surface area contributed by atoms with Gasteiger partial charge in [-0.1, -0.05) is 12.2 Å². The van der Waals surface area contributed by atoms with E-state index in [0.717, 1.165) is 0 Å². The van der Waals surface area contributed by atoms with Crippen molar-refractivity contribution in [2.24, 2.45) is 5.73 Å². The van der Waals surface area contributed by atoms with E-state index >= 15 is 0 Å². The monoisotopic (exact) mass is 231 g/mol. The predicted molar refractivity (Wildman–Crippen MR) is 66.9 cm³/mol. The number of rotatable bonds is 4. The maximum Gasteiger partial charge on any atom is 0.317 e. The third-order valence-corrected chi connectivity index (χ3v) is 1.98. The lowest BCUT2D eigenvalue weighted by Gasteiger charge is -2.27. The summed E-state index contributed by atoms with van der Waals surface area (Å²) in [5.41, 5.74) is 5.18. The first-order valence-electron chi connectivity index (χ1n) is 5.11. The standard InChI is InChI=1S/C10H21N3OS/c1-5-13(7-6-8(11)15)9(14)12-10(2,3)4/h5-7H2,1-4H3,(H2,11,15)(H,12,14). The molecule has 0 atom stereocenters. The summed E-state index contributed by atoms with van der Waals surface area (Å²) in [6, 6.07) is -0.0683. The van der Waals surface area contributed by atoms with E-state index in [0.29, 0.717) is 24.5 Å². The molecular formula is C10H21N3OS. The molecule has 0 aliphatic carbocycles. The normalized spacial score (nSPS) is 10.9. The van der Waals surface area contributed by atoms with E-state index in [1.165, 1.54) is 0 Å². The van der Waals surface area contributed by atoms with Gasteiger partial charge < -0.3 is 16.0 Å². The number of amides is 2. The van der Waals surface area contributed by atoms with Crippen LogP contribution >= 0.6 is 12.2 Å². The zero-order chi connectivity index (χ0) is 12.1. The Labute approximate surface area is 97.2 Å². The zero-order valence-corrected chi connectivity index (χ0v) is 10.8. The molecule has 5 heteroatoms. The lowest BCUT2D eigenvalue weighted by molar-refractivity contribution is 0.192. The van der Waals surface area contributed by atoms with Crippen molar-refractivity contribution in [3.63, 3.8) is 0 Å². The van der Waals surface area contributed by atoms with Crippen LogP contribution in [-0.2, 0) is 0 Å². The molecule has 0 rings (SSSR count). The molecule has 15 heavy (non-hydrogen) atoms. The minimum absolute atomic E-state index is 0.0683. The van der Waals surface area contributed by atoms with Gasteiger partial charge in [0, 0.05) is 25.0 Å². The van der Waals surface area contributed by atoms with Gasteiger partial charge in [0.25, 0.3) is 0 Å². The number of nitrogens with one attached hydrogen (secondary N) is 1. The Morgan fingerprint density at radius 3 is 2.33 bits per heavy atom. The molecule has 0 spiro atoms. The van der Waals surface area contributed by atoms with E-state index in [1.807, 2.05) is 27.7 Å². The highest BCUT2D eigenvalue weighted by molar-refractivity contribution is 7.80. The van der Waals surface area contributed by atoms with Crippen LogP contribution in [0.15, 0.2) is 0 Å². The Bertz CT molecular complexity index is 235. The number of urea groups is 1. The van der Waals surface area contributed by atoms with Gasteiger partial charge in [-0.3, -0.25) is 0 Å². The van der Waals surface area contributed by atoms with Crippen LogP contribution in [0.25, 0.3) is 0 Å². The molecule has 0 fully saturated rings. The average molecular weight is 231 g/mol. The van der Waals surface area contributed by atoms with Gasteiger partial charge in [-0.05, 0) is 27.7 Å².